The summed E-state index contributed by atoms with van der Waals surface area (Å²) in [6, 6.07) is 10.7. The predicted octanol–water partition coefficient (Wildman–Crippen LogP) is 3.57. The number of hydrazine groups is 1. The Labute approximate surface area is 114 Å². The quantitative estimate of drug-likeness (QED) is 0.669. The van der Waals surface area contributed by atoms with Crippen molar-refractivity contribution >= 4 is 27.3 Å². The van der Waals surface area contributed by atoms with Crippen LogP contribution in [0.25, 0.3) is 0 Å². The highest BCUT2D eigenvalue weighted by Crippen LogP contribution is 2.25. The molecule has 2 rings (SSSR count). The van der Waals surface area contributed by atoms with Crippen LogP contribution in [0.15, 0.2) is 40.2 Å². The van der Waals surface area contributed by atoms with E-state index in [1.54, 1.807) is 11.3 Å². The van der Waals surface area contributed by atoms with Gasteiger partial charge in [-0.25, -0.2) is 0 Å². The fraction of sp³-hybridized carbons (Fsp3) is 0.231. The van der Waals surface area contributed by atoms with Gasteiger partial charge >= 0.3 is 0 Å². The van der Waals surface area contributed by atoms with Crippen molar-refractivity contribution in [2.45, 2.75) is 19.4 Å². The average molecular weight is 311 g/mol. The molecule has 0 bridgehead atoms. The Bertz CT molecular complexity index is 482. The standard InChI is InChI=1S/C13H15BrN2S/c1-9-4-5-10(14)7-12(9)13(16-15)8-11-3-2-6-17-11/h2-7,13,16H,8,15H2,1H3. The average Bonchev–Trinajstić information content (AvgIpc) is 2.82. The molecule has 0 amide bonds. The summed E-state index contributed by atoms with van der Waals surface area (Å²) < 4.78 is 1.09. The van der Waals surface area contributed by atoms with Crippen LogP contribution >= 0.6 is 27.3 Å². The van der Waals surface area contributed by atoms with E-state index < -0.39 is 0 Å². The largest absolute Gasteiger partial charge is 0.271 e. The molecule has 1 unspecified atom stereocenters. The number of aryl methyl sites for hydroxylation is 1. The van der Waals surface area contributed by atoms with E-state index >= 15 is 0 Å². The van der Waals surface area contributed by atoms with E-state index in [0.717, 1.165) is 10.9 Å². The van der Waals surface area contributed by atoms with Gasteiger partial charge in [-0.2, -0.15) is 0 Å². The predicted molar refractivity (Wildman–Crippen MR) is 77.0 cm³/mol. The molecule has 1 heterocycles. The zero-order valence-corrected chi connectivity index (χ0v) is 12.0. The van der Waals surface area contributed by atoms with E-state index in [2.05, 4.69) is 64.0 Å². The first-order valence-electron chi connectivity index (χ1n) is 5.45. The molecule has 2 aromatic rings. The van der Waals surface area contributed by atoms with E-state index in [-0.39, 0.29) is 6.04 Å². The molecule has 0 aliphatic carbocycles. The minimum atomic E-state index is 0.158. The zero-order chi connectivity index (χ0) is 12.3. The van der Waals surface area contributed by atoms with Gasteiger partial charge < -0.3 is 0 Å². The summed E-state index contributed by atoms with van der Waals surface area (Å²) in [5, 5.41) is 2.09. The molecule has 4 heteroatoms. The Morgan fingerprint density at radius 3 is 2.88 bits per heavy atom. The van der Waals surface area contributed by atoms with Crippen molar-refractivity contribution in [2.75, 3.05) is 0 Å². The van der Waals surface area contributed by atoms with Gasteiger partial charge in [-0.3, -0.25) is 11.3 Å². The van der Waals surface area contributed by atoms with Crippen LogP contribution in [0.1, 0.15) is 22.0 Å². The third-order valence-corrected chi connectivity index (χ3v) is 4.20. The van der Waals surface area contributed by atoms with Crippen molar-refractivity contribution < 1.29 is 0 Å². The Balaban J connectivity index is 2.25. The minimum absolute atomic E-state index is 0.158. The zero-order valence-electron chi connectivity index (χ0n) is 9.61. The van der Waals surface area contributed by atoms with Gasteiger partial charge in [0.1, 0.15) is 0 Å². The number of nitrogens with one attached hydrogen (secondary N) is 1. The van der Waals surface area contributed by atoms with Crippen LogP contribution in [-0.2, 0) is 6.42 Å². The van der Waals surface area contributed by atoms with Crippen molar-refractivity contribution in [1.82, 2.24) is 5.43 Å². The molecule has 0 saturated heterocycles. The molecule has 0 spiro atoms. The number of hydrogen-bond acceptors (Lipinski definition) is 3. The minimum Gasteiger partial charge on any atom is -0.271 e. The van der Waals surface area contributed by atoms with Gasteiger partial charge in [-0.05, 0) is 41.6 Å². The maximum Gasteiger partial charge on any atom is 0.0511 e. The lowest BCUT2D eigenvalue weighted by atomic mass is 9.99. The van der Waals surface area contributed by atoms with Gasteiger partial charge in [-0.15, -0.1) is 11.3 Å². The van der Waals surface area contributed by atoms with Crippen LogP contribution in [0.4, 0.5) is 0 Å². The van der Waals surface area contributed by atoms with Gasteiger partial charge in [0.15, 0.2) is 0 Å². The maximum atomic E-state index is 5.68. The summed E-state index contributed by atoms with van der Waals surface area (Å²) in [5.74, 6) is 5.68. The molecule has 0 aliphatic heterocycles. The Morgan fingerprint density at radius 1 is 1.41 bits per heavy atom. The number of halogens is 1. The second-order valence-corrected chi connectivity index (χ2v) is 5.95. The molecular formula is C13H15BrN2S. The number of benzene rings is 1. The van der Waals surface area contributed by atoms with Crippen molar-refractivity contribution in [2.24, 2.45) is 5.84 Å². The van der Waals surface area contributed by atoms with Crippen LogP contribution in [0.3, 0.4) is 0 Å². The van der Waals surface area contributed by atoms with Crippen LogP contribution in [-0.4, -0.2) is 0 Å². The highest BCUT2D eigenvalue weighted by atomic mass is 79.9. The van der Waals surface area contributed by atoms with E-state index in [1.165, 1.54) is 16.0 Å². The topological polar surface area (TPSA) is 38.0 Å². The Hall–Kier alpha value is -0.680. The normalized spacial score (nSPS) is 12.6. The molecule has 1 atom stereocenters. The number of thiophene rings is 1. The molecule has 90 valence electrons. The van der Waals surface area contributed by atoms with Gasteiger partial charge in [0.2, 0.25) is 0 Å². The van der Waals surface area contributed by atoms with Crippen LogP contribution in [0, 0.1) is 6.92 Å². The number of rotatable bonds is 4. The van der Waals surface area contributed by atoms with Crippen molar-refractivity contribution in [3.63, 3.8) is 0 Å². The molecule has 0 fully saturated rings. The number of hydrogen-bond donors (Lipinski definition) is 2. The number of nitrogens with two attached hydrogens (primary N) is 1. The third-order valence-electron chi connectivity index (χ3n) is 2.80. The summed E-state index contributed by atoms with van der Waals surface area (Å²) in [6.07, 6.45) is 0.922. The first kappa shape index (κ1) is 12.8. The summed E-state index contributed by atoms with van der Waals surface area (Å²) in [6.45, 7) is 2.11. The van der Waals surface area contributed by atoms with Crippen molar-refractivity contribution in [1.29, 1.82) is 0 Å². The van der Waals surface area contributed by atoms with Crippen LogP contribution < -0.4 is 11.3 Å². The SMILES string of the molecule is Cc1ccc(Br)cc1C(Cc1cccs1)NN. The van der Waals surface area contributed by atoms with Crippen molar-refractivity contribution in [3.05, 3.63) is 56.2 Å². The fourth-order valence-corrected chi connectivity index (χ4v) is 3.01. The second-order valence-electron chi connectivity index (χ2n) is 4.00. The fourth-order valence-electron chi connectivity index (χ4n) is 1.88. The van der Waals surface area contributed by atoms with Crippen LogP contribution in [0.5, 0.6) is 0 Å². The van der Waals surface area contributed by atoms with Gasteiger partial charge in [-0.1, -0.05) is 28.1 Å². The highest BCUT2D eigenvalue weighted by molar-refractivity contribution is 9.10. The van der Waals surface area contributed by atoms with Crippen molar-refractivity contribution in [3.8, 4) is 0 Å². The smallest absolute Gasteiger partial charge is 0.0511 e. The Morgan fingerprint density at radius 2 is 2.24 bits per heavy atom. The molecule has 0 aliphatic rings. The van der Waals surface area contributed by atoms with Gasteiger partial charge in [0.05, 0.1) is 6.04 Å². The lowest BCUT2D eigenvalue weighted by Gasteiger charge is -2.18. The summed E-state index contributed by atoms with van der Waals surface area (Å²) in [4.78, 5) is 1.34. The molecule has 0 radical (unpaired) electrons. The Kier molecular flexibility index (Phi) is 4.34. The third kappa shape index (κ3) is 3.16. The molecule has 0 saturated carbocycles. The van der Waals surface area contributed by atoms with E-state index in [0.29, 0.717) is 0 Å². The second kappa shape index (κ2) is 5.78. The molecule has 2 nitrogen and oxygen atoms in total. The molecule has 17 heavy (non-hydrogen) atoms. The molecular weight excluding hydrogens is 296 g/mol. The first-order chi connectivity index (χ1) is 8.20. The summed E-state index contributed by atoms with van der Waals surface area (Å²) in [5.41, 5.74) is 5.41. The summed E-state index contributed by atoms with van der Waals surface area (Å²) in [7, 11) is 0. The first-order valence-corrected chi connectivity index (χ1v) is 7.12. The van der Waals surface area contributed by atoms with E-state index in [1.807, 2.05) is 0 Å². The summed E-state index contributed by atoms with van der Waals surface area (Å²) >= 11 is 5.27. The monoisotopic (exact) mass is 310 g/mol. The van der Waals surface area contributed by atoms with E-state index in [4.69, 9.17) is 5.84 Å². The van der Waals surface area contributed by atoms with Gasteiger partial charge in [0, 0.05) is 15.8 Å². The molecule has 3 N–H and O–H groups in total. The highest BCUT2D eigenvalue weighted by Gasteiger charge is 2.13. The molecule has 1 aromatic heterocycles. The van der Waals surface area contributed by atoms with E-state index in [9.17, 15) is 0 Å². The van der Waals surface area contributed by atoms with Crippen LogP contribution in [0.2, 0.25) is 0 Å². The lowest BCUT2D eigenvalue weighted by Crippen LogP contribution is -2.29. The lowest BCUT2D eigenvalue weighted by molar-refractivity contribution is 0.553. The van der Waals surface area contributed by atoms with Gasteiger partial charge in [0.25, 0.3) is 0 Å². The molecule has 1 aromatic carbocycles. The maximum absolute atomic E-state index is 5.68.